The second-order valence-electron chi connectivity index (χ2n) is 8.81. The molecule has 5 rings (SSSR count). The van der Waals surface area contributed by atoms with Gasteiger partial charge < -0.3 is 9.72 Å². The Balaban J connectivity index is 1.49. The number of benzene rings is 2. The van der Waals surface area contributed by atoms with Gasteiger partial charge in [0, 0.05) is 29.6 Å². The zero-order valence-corrected chi connectivity index (χ0v) is 21.4. The molecule has 1 atom stereocenters. The van der Waals surface area contributed by atoms with Gasteiger partial charge in [-0.2, -0.15) is 0 Å². The van der Waals surface area contributed by atoms with Crippen molar-refractivity contribution < 1.29 is 9.13 Å². The van der Waals surface area contributed by atoms with Crippen LogP contribution in [-0.4, -0.2) is 37.2 Å². The van der Waals surface area contributed by atoms with Gasteiger partial charge in [-0.15, -0.1) is 16.4 Å². The summed E-state index contributed by atoms with van der Waals surface area (Å²) in [5, 5.41) is 15.5. The van der Waals surface area contributed by atoms with Crippen LogP contribution in [0.1, 0.15) is 41.2 Å². The van der Waals surface area contributed by atoms with Gasteiger partial charge in [0.25, 0.3) is 5.56 Å². The number of ether oxygens (including phenoxy) is 1. The number of nitrogens with zero attached hydrogens (tertiary/aromatic N) is 5. The Labute approximate surface area is 217 Å². The summed E-state index contributed by atoms with van der Waals surface area (Å²) < 4.78 is 20.4. The zero-order valence-electron chi connectivity index (χ0n) is 20.6. The molecule has 0 fully saturated rings. The van der Waals surface area contributed by atoms with Crippen LogP contribution in [-0.2, 0) is 19.6 Å². The third kappa shape index (κ3) is 5.60. The Kier molecular flexibility index (Phi) is 7.38. The lowest BCUT2D eigenvalue weighted by Gasteiger charge is -2.30. The third-order valence-electron chi connectivity index (χ3n) is 6.37. The Morgan fingerprint density at radius 2 is 1.97 bits per heavy atom. The molecular formula is C27H27FN6O2S. The fourth-order valence-electron chi connectivity index (χ4n) is 4.50. The molecule has 0 aliphatic rings. The number of pyridine rings is 1. The maximum Gasteiger partial charge on any atom is 0.252 e. The number of tetrazole rings is 1. The van der Waals surface area contributed by atoms with E-state index in [9.17, 15) is 9.18 Å². The zero-order chi connectivity index (χ0) is 25.8. The average Bonchev–Trinajstić information content (AvgIpc) is 3.58. The van der Waals surface area contributed by atoms with E-state index < -0.39 is 0 Å². The van der Waals surface area contributed by atoms with E-state index in [1.54, 1.807) is 35.3 Å². The van der Waals surface area contributed by atoms with Crippen molar-refractivity contribution in [1.29, 1.82) is 0 Å². The highest BCUT2D eigenvalue weighted by molar-refractivity contribution is 7.09. The molecule has 0 aliphatic heterocycles. The lowest BCUT2D eigenvalue weighted by Crippen LogP contribution is -2.32. The minimum atomic E-state index is -0.284. The second-order valence-corrected chi connectivity index (χ2v) is 9.84. The smallest absolute Gasteiger partial charge is 0.252 e. The molecule has 0 unspecified atom stereocenters. The first-order chi connectivity index (χ1) is 18.0. The number of H-pyrrole nitrogens is 1. The quantitative estimate of drug-likeness (QED) is 0.282. The van der Waals surface area contributed by atoms with Crippen molar-refractivity contribution in [3.63, 3.8) is 0 Å². The van der Waals surface area contributed by atoms with Gasteiger partial charge in [-0.05, 0) is 69.6 Å². The highest BCUT2D eigenvalue weighted by Crippen LogP contribution is 2.28. The van der Waals surface area contributed by atoms with E-state index in [-0.39, 0.29) is 17.4 Å². The van der Waals surface area contributed by atoms with Crippen molar-refractivity contribution in [2.24, 2.45) is 0 Å². The molecule has 0 saturated heterocycles. The molecule has 10 heteroatoms. The number of hydrogen-bond acceptors (Lipinski definition) is 7. The summed E-state index contributed by atoms with van der Waals surface area (Å²) in [5.41, 5.74) is 2.15. The highest BCUT2D eigenvalue weighted by atomic mass is 32.1. The van der Waals surface area contributed by atoms with Gasteiger partial charge >= 0.3 is 0 Å². The van der Waals surface area contributed by atoms with Crippen molar-refractivity contribution in [3.05, 3.63) is 104 Å². The van der Waals surface area contributed by atoms with Crippen LogP contribution >= 0.6 is 11.3 Å². The Morgan fingerprint density at radius 1 is 1.14 bits per heavy atom. The molecule has 5 aromatic rings. The molecule has 2 aromatic carbocycles. The fraction of sp³-hybridized carbons (Fsp3) is 0.259. The van der Waals surface area contributed by atoms with E-state index in [4.69, 9.17) is 4.74 Å². The predicted octanol–water partition coefficient (Wildman–Crippen LogP) is 4.93. The van der Waals surface area contributed by atoms with Crippen LogP contribution in [0.3, 0.4) is 0 Å². The predicted molar refractivity (Wildman–Crippen MR) is 141 cm³/mol. The van der Waals surface area contributed by atoms with Gasteiger partial charge in [-0.3, -0.25) is 9.69 Å². The maximum atomic E-state index is 13.4. The number of nitrogens with one attached hydrogen (secondary N) is 1. The number of thiophene rings is 1. The van der Waals surface area contributed by atoms with Crippen LogP contribution in [0.25, 0.3) is 10.9 Å². The summed E-state index contributed by atoms with van der Waals surface area (Å²) in [4.78, 5) is 19.5. The van der Waals surface area contributed by atoms with Crippen LogP contribution in [0.2, 0.25) is 0 Å². The molecule has 1 N–H and O–H groups in total. The van der Waals surface area contributed by atoms with Crippen LogP contribution < -0.4 is 10.3 Å². The fourth-order valence-corrected chi connectivity index (χ4v) is 5.23. The van der Waals surface area contributed by atoms with Crippen molar-refractivity contribution in [2.45, 2.75) is 39.0 Å². The third-order valence-corrected chi connectivity index (χ3v) is 7.23. The molecule has 0 saturated carbocycles. The van der Waals surface area contributed by atoms with Gasteiger partial charge in [0.2, 0.25) is 0 Å². The van der Waals surface area contributed by atoms with Gasteiger partial charge in [-0.25, -0.2) is 9.07 Å². The Hall–Kier alpha value is -3.89. The summed E-state index contributed by atoms with van der Waals surface area (Å²) in [6, 6.07) is 17.9. The molecule has 0 radical (unpaired) electrons. The van der Waals surface area contributed by atoms with Crippen molar-refractivity contribution in [2.75, 3.05) is 7.11 Å². The SMILES string of the molecule is CC[C@@H](c1nnnn1Cc1ccc(F)cc1)N(Cc1cccs1)Cc1cc2ccc(OC)cc2[nH]c1=O. The normalized spacial score (nSPS) is 12.3. The molecule has 3 heterocycles. The first kappa shape index (κ1) is 24.8. The summed E-state index contributed by atoms with van der Waals surface area (Å²) in [6.45, 7) is 3.56. The van der Waals surface area contributed by atoms with Gasteiger partial charge in [0.1, 0.15) is 11.6 Å². The van der Waals surface area contributed by atoms with Crippen molar-refractivity contribution in [1.82, 2.24) is 30.1 Å². The molecule has 37 heavy (non-hydrogen) atoms. The first-order valence-electron chi connectivity index (χ1n) is 12.0. The summed E-state index contributed by atoms with van der Waals surface area (Å²) in [7, 11) is 1.60. The largest absolute Gasteiger partial charge is 0.497 e. The number of aromatic nitrogens is 5. The lowest BCUT2D eigenvalue weighted by atomic mass is 10.1. The van der Waals surface area contributed by atoms with Crippen LogP contribution in [0.4, 0.5) is 4.39 Å². The minimum absolute atomic E-state index is 0.141. The Morgan fingerprint density at radius 3 is 2.70 bits per heavy atom. The van der Waals surface area contributed by atoms with Crippen molar-refractivity contribution in [3.8, 4) is 5.75 Å². The van der Waals surface area contributed by atoms with E-state index in [0.29, 0.717) is 36.8 Å². The van der Waals surface area contributed by atoms with E-state index in [1.807, 2.05) is 35.7 Å². The van der Waals surface area contributed by atoms with Gasteiger partial charge in [-0.1, -0.05) is 25.1 Å². The number of hydrogen-bond donors (Lipinski definition) is 1. The topological polar surface area (TPSA) is 88.9 Å². The molecule has 0 aliphatic carbocycles. The molecule has 3 aromatic heterocycles. The number of fused-ring (bicyclic) bond motifs is 1. The van der Waals surface area contributed by atoms with Gasteiger partial charge in [0.05, 0.1) is 25.2 Å². The number of halogens is 1. The summed E-state index contributed by atoms with van der Waals surface area (Å²) >= 11 is 1.67. The first-order valence-corrected chi connectivity index (χ1v) is 12.9. The molecule has 8 nitrogen and oxygen atoms in total. The second kappa shape index (κ2) is 11.0. The summed E-state index contributed by atoms with van der Waals surface area (Å²) in [5.74, 6) is 1.10. The molecule has 0 spiro atoms. The number of methoxy groups -OCH3 is 1. The van der Waals surface area contributed by atoms with Crippen LogP contribution in [0.5, 0.6) is 5.75 Å². The molecule has 190 valence electrons. The van der Waals surface area contributed by atoms with Crippen molar-refractivity contribution >= 4 is 22.2 Å². The minimum Gasteiger partial charge on any atom is -0.497 e. The summed E-state index contributed by atoms with van der Waals surface area (Å²) in [6.07, 6.45) is 0.734. The number of rotatable bonds is 10. The van der Waals surface area contributed by atoms with E-state index in [1.165, 1.54) is 17.0 Å². The highest BCUT2D eigenvalue weighted by Gasteiger charge is 2.26. The molecule has 0 amide bonds. The van der Waals surface area contributed by atoms with Crippen LogP contribution in [0.15, 0.2) is 70.8 Å². The van der Waals surface area contributed by atoms with Gasteiger partial charge in [0.15, 0.2) is 5.82 Å². The molecular weight excluding hydrogens is 491 g/mol. The van der Waals surface area contributed by atoms with E-state index in [0.717, 1.165) is 22.9 Å². The standard InChI is InChI=1S/C27H27FN6O2S/c1-3-25(26-30-31-32-34(26)15-18-6-9-21(28)10-7-18)33(17-23-5-4-12-37-23)16-20-13-19-8-11-22(36-2)14-24(19)29-27(20)35/h4-14,25H,3,15-17H2,1-2H3,(H,29,35)/t25-/m0/s1. The van der Waals surface area contributed by atoms with E-state index >= 15 is 0 Å². The lowest BCUT2D eigenvalue weighted by molar-refractivity contribution is 0.163. The Bertz CT molecular complexity index is 1530. The molecule has 0 bridgehead atoms. The average molecular weight is 519 g/mol. The monoisotopic (exact) mass is 518 g/mol. The van der Waals surface area contributed by atoms with Crippen LogP contribution in [0, 0.1) is 5.82 Å². The maximum absolute atomic E-state index is 13.4. The van der Waals surface area contributed by atoms with E-state index in [2.05, 4.69) is 38.4 Å². The number of aromatic amines is 1.